The topological polar surface area (TPSA) is 53.3 Å². The summed E-state index contributed by atoms with van der Waals surface area (Å²) in [6.45, 7) is 6.92. The largest absolute Gasteiger partial charge is 0.394 e. The van der Waals surface area contributed by atoms with Crippen LogP contribution >= 0.6 is 0 Å². The van der Waals surface area contributed by atoms with Gasteiger partial charge in [-0.3, -0.25) is 4.68 Å². The van der Waals surface area contributed by atoms with E-state index in [0.29, 0.717) is 0 Å². The van der Waals surface area contributed by atoms with E-state index in [1.807, 2.05) is 46.6 Å². The molecule has 0 saturated heterocycles. The second kappa shape index (κ2) is 5.06. The average Bonchev–Trinajstić information content (AvgIpc) is 2.53. The number of aliphatic hydroxyl groups is 1. The van der Waals surface area contributed by atoms with Crippen molar-refractivity contribution >= 4 is 5.82 Å². The lowest BCUT2D eigenvalue weighted by Gasteiger charge is -2.36. The zero-order chi connectivity index (χ0) is 13.2. The van der Waals surface area contributed by atoms with Gasteiger partial charge < -0.3 is 15.3 Å². The SMILES string of the molecule is CNCc1c(C)nn(C)c1N(C)C(C)(C)CO. The van der Waals surface area contributed by atoms with Gasteiger partial charge in [0, 0.05) is 26.2 Å². The van der Waals surface area contributed by atoms with Gasteiger partial charge in [-0.25, -0.2) is 0 Å². The van der Waals surface area contributed by atoms with E-state index in [1.165, 1.54) is 5.56 Å². The third-order valence-electron chi connectivity index (χ3n) is 3.28. The molecule has 0 amide bonds. The first-order valence-electron chi connectivity index (χ1n) is 5.87. The van der Waals surface area contributed by atoms with Crippen LogP contribution < -0.4 is 10.2 Å². The zero-order valence-electron chi connectivity index (χ0n) is 11.7. The van der Waals surface area contributed by atoms with Crippen molar-refractivity contribution < 1.29 is 5.11 Å². The van der Waals surface area contributed by atoms with Crippen molar-refractivity contribution in [2.75, 3.05) is 25.6 Å². The number of aliphatic hydroxyl groups excluding tert-OH is 1. The average molecular weight is 240 g/mol. The summed E-state index contributed by atoms with van der Waals surface area (Å²) >= 11 is 0. The Morgan fingerprint density at radius 1 is 1.47 bits per heavy atom. The van der Waals surface area contributed by atoms with Crippen molar-refractivity contribution in [3.8, 4) is 0 Å². The van der Waals surface area contributed by atoms with Crippen molar-refractivity contribution in [1.82, 2.24) is 15.1 Å². The number of anilines is 1. The molecule has 98 valence electrons. The molecule has 0 radical (unpaired) electrons. The molecule has 5 heteroatoms. The minimum atomic E-state index is -0.303. The van der Waals surface area contributed by atoms with E-state index in [9.17, 15) is 5.11 Å². The molecule has 0 aromatic carbocycles. The Bertz CT molecular complexity index is 384. The fourth-order valence-electron chi connectivity index (χ4n) is 1.89. The summed E-state index contributed by atoms with van der Waals surface area (Å²) < 4.78 is 1.87. The fraction of sp³-hybridized carbons (Fsp3) is 0.750. The van der Waals surface area contributed by atoms with Gasteiger partial charge in [0.1, 0.15) is 5.82 Å². The predicted molar refractivity (Wildman–Crippen MR) is 70.3 cm³/mol. The third-order valence-corrected chi connectivity index (χ3v) is 3.28. The lowest BCUT2D eigenvalue weighted by molar-refractivity contribution is 0.215. The molecule has 0 fully saturated rings. The Morgan fingerprint density at radius 2 is 2.06 bits per heavy atom. The molecule has 1 aromatic heterocycles. The summed E-state index contributed by atoms with van der Waals surface area (Å²) in [4.78, 5) is 2.08. The molecule has 0 aliphatic heterocycles. The lowest BCUT2D eigenvalue weighted by atomic mass is 10.0. The minimum absolute atomic E-state index is 0.104. The summed E-state index contributed by atoms with van der Waals surface area (Å²) in [7, 11) is 5.85. The Balaban J connectivity index is 3.20. The van der Waals surface area contributed by atoms with Crippen LogP contribution in [0.15, 0.2) is 0 Å². The second-order valence-corrected chi connectivity index (χ2v) is 5.07. The summed E-state index contributed by atoms with van der Waals surface area (Å²) in [6, 6.07) is 0. The Hall–Kier alpha value is -1.07. The second-order valence-electron chi connectivity index (χ2n) is 5.07. The molecule has 5 nitrogen and oxygen atoms in total. The van der Waals surface area contributed by atoms with Gasteiger partial charge >= 0.3 is 0 Å². The van der Waals surface area contributed by atoms with Crippen molar-refractivity contribution in [3.63, 3.8) is 0 Å². The van der Waals surface area contributed by atoms with Gasteiger partial charge in [0.05, 0.1) is 17.8 Å². The summed E-state index contributed by atoms with van der Waals surface area (Å²) in [6.07, 6.45) is 0. The van der Waals surface area contributed by atoms with E-state index in [4.69, 9.17) is 0 Å². The first-order chi connectivity index (χ1) is 7.85. The van der Waals surface area contributed by atoms with E-state index in [1.54, 1.807) is 0 Å². The Labute approximate surface area is 103 Å². The molecule has 0 unspecified atom stereocenters. The molecular weight excluding hydrogens is 216 g/mol. The van der Waals surface area contributed by atoms with Gasteiger partial charge in [0.2, 0.25) is 0 Å². The van der Waals surface area contributed by atoms with Crippen LogP contribution in [0.4, 0.5) is 5.82 Å². The number of hydrogen-bond acceptors (Lipinski definition) is 4. The predicted octanol–water partition coefficient (Wildman–Crippen LogP) is 0.655. The third kappa shape index (κ3) is 2.61. The van der Waals surface area contributed by atoms with Crippen LogP contribution in [-0.2, 0) is 13.6 Å². The number of aromatic nitrogens is 2. The number of rotatable bonds is 5. The Kier molecular flexibility index (Phi) is 4.16. The van der Waals surface area contributed by atoms with Crippen LogP contribution in [0.3, 0.4) is 0 Å². The van der Waals surface area contributed by atoms with Gasteiger partial charge in [0.15, 0.2) is 0 Å². The fourth-order valence-corrected chi connectivity index (χ4v) is 1.89. The standard InChI is InChI=1S/C12H24N4O/c1-9-10(7-13-4)11(16(6)14-9)15(5)12(2,3)8-17/h13,17H,7-8H2,1-6H3. The van der Waals surface area contributed by atoms with Crippen molar-refractivity contribution in [2.24, 2.45) is 7.05 Å². The van der Waals surface area contributed by atoms with E-state index in [-0.39, 0.29) is 12.1 Å². The lowest BCUT2D eigenvalue weighted by Crippen LogP contribution is -2.45. The van der Waals surface area contributed by atoms with Crippen LogP contribution in [0.1, 0.15) is 25.1 Å². The van der Waals surface area contributed by atoms with E-state index < -0.39 is 0 Å². The van der Waals surface area contributed by atoms with Crippen LogP contribution in [0.25, 0.3) is 0 Å². The van der Waals surface area contributed by atoms with E-state index >= 15 is 0 Å². The Morgan fingerprint density at radius 3 is 2.53 bits per heavy atom. The van der Waals surface area contributed by atoms with Gasteiger partial charge in [-0.1, -0.05) is 0 Å². The van der Waals surface area contributed by atoms with E-state index in [0.717, 1.165) is 18.1 Å². The highest BCUT2D eigenvalue weighted by molar-refractivity contribution is 5.51. The molecule has 0 aliphatic carbocycles. The van der Waals surface area contributed by atoms with Crippen LogP contribution in [0.2, 0.25) is 0 Å². The highest BCUT2D eigenvalue weighted by atomic mass is 16.3. The summed E-state index contributed by atoms with van der Waals surface area (Å²) in [5, 5.41) is 17.1. The molecule has 0 aliphatic rings. The van der Waals surface area contributed by atoms with Crippen LogP contribution in [0.5, 0.6) is 0 Å². The normalized spacial score (nSPS) is 11.9. The van der Waals surface area contributed by atoms with Crippen molar-refractivity contribution in [2.45, 2.75) is 32.9 Å². The van der Waals surface area contributed by atoms with Gasteiger partial charge in [-0.2, -0.15) is 5.10 Å². The molecule has 2 N–H and O–H groups in total. The smallest absolute Gasteiger partial charge is 0.131 e. The highest BCUT2D eigenvalue weighted by Crippen LogP contribution is 2.27. The first kappa shape index (κ1) is 14.0. The number of nitrogens with one attached hydrogen (secondary N) is 1. The highest BCUT2D eigenvalue weighted by Gasteiger charge is 2.27. The van der Waals surface area contributed by atoms with Gasteiger partial charge in [0.25, 0.3) is 0 Å². The maximum absolute atomic E-state index is 9.46. The quantitative estimate of drug-likeness (QED) is 0.793. The van der Waals surface area contributed by atoms with Gasteiger partial charge in [-0.15, -0.1) is 0 Å². The summed E-state index contributed by atoms with van der Waals surface area (Å²) in [5.41, 5.74) is 1.90. The molecule has 1 aromatic rings. The van der Waals surface area contributed by atoms with Crippen LogP contribution in [-0.4, -0.2) is 41.1 Å². The van der Waals surface area contributed by atoms with Crippen LogP contribution in [0, 0.1) is 6.92 Å². The number of nitrogens with zero attached hydrogens (tertiary/aromatic N) is 3. The molecule has 0 saturated carbocycles. The molecule has 0 spiro atoms. The molecule has 1 rings (SSSR count). The molecule has 0 bridgehead atoms. The monoisotopic (exact) mass is 240 g/mol. The molecule has 0 atom stereocenters. The number of aryl methyl sites for hydroxylation is 2. The molecule has 1 heterocycles. The van der Waals surface area contributed by atoms with Crippen molar-refractivity contribution in [1.29, 1.82) is 0 Å². The number of hydrogen-bond donors (Lipinski definition) is 2. The first-order valence-corrected chi connectivity index (χ1v) is 5.87. The van der Waals surface area contributed by atoms with E-state index in [2.05, 4.69) is 15.3 Å². The maximum Gasteiger partial charge on any atom is 0.131 e. The van der Waals surface area contributed by atoms with Crippen molar-refractivity contribution in [3.05, 3.63) is 11.3 Å². The maximum atomic E-state index is 9.46. The zero-order valence-corrected chi connectivity index (χ0v) is 11.7. The minimum Gasteiger partial charge on any atom is -0.394 e. The molecular formula is C12H24N4O. The number of likely N-dealkylation sites (N-methyl/N-ethyl adjacent to an activating group) is 1. The summed E-state index contributed by atoms with van der Waals surface area (Å²) in [5.74, 6) is 1.05. The molecule has 17 heavy (non-hydrogen) atoms. The van der Waals surface area contributed by atoms with Gasteiger partial charge in [-0.05, 0) is 27.8 Å².